The zero-order valence-electron chi connectivity index (χ0n) is 12.0. The van der Waals surface area contributed by atoms with Gasteiger partial charge in [-0.3, -0.25) is 4.90 Å². The number of nitrogens with zero attached hydrogens (tertiary/aromatic N) is 1. The summed E-state index contributed by atoms with van der Waals surface area (Å²) >= 11 is 0. The summed E-state index contributed by atoms with van der Waals surface area (Å²) in [5.74, 6) is 0.671. The fourth-order valence-electron chi connectivity index (χ4n) is 3.17. The molecule has 3 nitrogen and oxygen atoms in total. The van der Waals surface area contributed by atoms with Crippen LogP contribution in [-0.2, 0) is 4.74 Å². The number of hydrogen-bond acceptors (Lipinski definition) is 3. The molecule has 1 rings (SSSR count). The first-order valence-electron chi connectivity index (χ1n) is 7.11. The molecule has 1 aliphatic rings. The number of methoxy groups -OCH3 is 1. The van der Waals surface area contributed by atoms with Crippen LogP contribution in [-0.4, -0.2) is 43.3 Å². The molecule has 3 unspecified atom stereocenters. The zero-order chi connectivity index (χ0) is 12.9. The summed E-state index contributed by atoms with van der Waals surface area (Å²) in [4.78, 5) is 2.59. The van der Waals surface area contributed by atoms with Crippen molar-refractivity contribution in [3.63, 3.8) is 0 Å². The third-order valence-electron chi connectivity index (χ3n) is 4.62. The molecule has 102 valence electrons. The zero-order valence-corrected chi connectivity index (χ0v) is 12.0. The van der Waals surface area contributed by atoms with Crippen molar-refractivity contribution < 1.29 is 4.74 Å². The van der Waals surface area contributed by atoms with Gasteiger partial charge in [0.1, 0.15) is 0 Å². The number of hydrogen-bond donors (Lipinski definition) is 1. The molecule has 0 spiro atoms. The lowest BCUT2D eigenvalue weighted by Crippen LogP contribution is -2.59. The first-order valence-corrected chi connectivity index (χ1v) is 7.11. The maximum atomic E-state index is 6.07. The molecule has 0 saturated carbocycles. The van der Waals surface area contributed by atoms with Gasteiger partial charge in [0.15, 0.2) is 0 Å². The standard InChI is InChI=1S/C14H30N2O/c1-5-8-14(6-2,11-15)16-9-7-12(3)13(10-16)17-4/h12-13H,5-11,15H2,1-4H3. The van der Waals surface area contributed by atoms with Crippen molar-refractivity contribution in [2.24, 2.45) is 11.7 Å². The fourth-order valence-corrected chi connectivity index (χ4v) is 3.17. The Kier molecular flexibility index (Phi) is 5.90. The molecule has 1 saturated heterocycles. The highest BCUT2D eigenvalue weighted by atomic mass is 16.5. The smallest absolute Gasteiger partial charge is 0.0724 e. The molecule has 0 aromatic rings. The summed E-state index contributed by atoms with van der Waals surface area (Å²) < 4.78 is 5.61. The van der Waals surface area contributed by atoms with Gasteiger partial charge in [-0.05, 0) is 31.7 Å². The Balaban J connectivity index is 2.74. The van der Waals surface area contributed by atoms with Crippen LogP contribution in [0.1, 0.15) is 46.5 Å². The molecular formula is C14H30N2O. The predicted molar refractivity (Wildman–Crippen MR) is 73.1 cm³/mol. The molecule has 3 heteroatoms. The number of ether oxygens (including phenoxy) is 1. The van der Waals surface area contributed by atoms with Crippen molar-refractivity contribution in [3.05, 3.63) is 0 Å². The summed E-state index contributed by atoms with van der Waals surface area (Å²) in [6, 6.07) is 0. The highest BCUT2D eigenvalue weighted by molar-refractivity contribution is 4.94. The third kappa shape index (κ3) is 3.21. The van der Waals surface area contributed by atoms with Crippen molar-refractivity contribution in [2.45, 2.75) is 58.1 Å². The van der Waals surface area contributed by atoms with Crippen LogP contribution >= 0.6 is 0 Å². The summed E-state index contributed by atoms with van der Waals surface area (Å²) in [6.07, 6.45) is 5.14. The van der Waals surface area contributed by atoms with Gasteiger partial charge in [-0.1, -0.05) is 27.2 Å². The lowest BCUT2D eigenvalue weighted by Gasteiger charge is -2.48. The molecule has 2 N–H and O–H groups in total. The van der Waals surface area contributed by atoms with Crippen LogP contribution in [0.15, 0.2) is 0 Å². The van der Waals surface area contributed by atoms with E-state index in [1.807, 2.05) is 7.11 Å². The Morgan fingerprint density at radius 2 is 2.12 bits per heavy atom. The van der Waals surface area contributed by atoms with Crippen LogP contribution in [0.3, 0.4) is 0 Å². The van der Waals surface area contributed by atoms with E-state index in [9.17, 15) is 0 Å². The largest absolute Gasteiger partial charge is 0.380 e. The molecule has 0 aromatic heterocycles. The van der Waals surface area contributed by atoms with Crippen molar-refractivity contribution >= 4 is 0 Å². The van der Waals surface area contributed by atoms with Gasteiger partial charge in [0, 0.05) is 25.7 Å². The second-order valence-electron chi connectivity index (χ2n) is 5.52. The van der Waals surface area contributed by atoms with E-state index < -0.39 is 0 Å². The van der Waals surface area contributed by atoms with Crippen molar-refractivity contribution in [2.75, 3.05) is 26.7 Å². The Labute approximate surface area is 107 Å². The fraction of sp³-hybridized carbons (Fsp3) is 1.00. The Hall–Kier alpha value is -0.120. The van der Waals surface area contributed by atoms with Gasteiger partial charge in [0.2, 0.25) is 0 Å². The van der Waals surface area contributed by atoms with Crippen LogP contribution in [0.4, 0.5) is 0 Å². The van der Waals surface area contributed by atoms with Crippen LogP contribution in [0.2, 0.25) is 0 Å². The average molecular weight is 242 g/mol. The van der Waals surface area contributed by atoms with Gasteiger partial charge in [-0.2, -0.15) is 0 Å². The quantitative estimate of drug-likeness (QED) is 0.776. The van der Waals surface area contributed by atoms with Crippen molar-refractivity contribution in [1.82, 2.24) is 4.90 Å². The number of nitrogens with two attached hydrogens (primary N) is 1. The molecule has 0 bridgehead atoms. The second kappa shape index (κ2) is 6.72. The number of rotatable bonds is 6. The predicted octanol–water partition coefficient (Wildman–Crippen LogP) is 2.25. The van der Waals surface area contributed by atoms with Crippen molar-refractivity contribution in [1.29, 1.82) is 0 Å². The van der Waals surface area contributed by atoms with Crippen LogP contribution < -0.4 is 5.73 Å². The monoisotopic (exact) mass is 242 g/mol. The maximum Gasteiger partial charge on any atom is 0.0724 e. The SMILES string of the molecule is CCCC(CC)(CN)N1CCC(C)C(OC)C1. The van der Waals surface area contributed by atoms with E-state index in [1.165, 1.54) is 25.8 Å². The highest BCUT2D eigenvalue weighted by Crippen LogP contribution is 2.30. The Morgan fingerprint density at radius 1 is 1.41 bits per heavy atom. The number of likely N-dealkylation sites (tertiary alicyclic amines) is 1. The van der Waals surface area contributed by atoms with Gasteiger partial charge in [0.05, 0.1) is 6.10 Å². The molecule has 1 heterocycles. The van der Waals surface area contributed by atoms with E-state index in [-0.39, 0.29) is 5.54 Å². The average Bonchev–Trinajstić information content (AvgIpc) is 2.37. The Morgan fingerprint density at radius 3 is 2.59 bits per heavy atom. The number of piperidine rings is 1. The minimum absolute atomic E-state index is 0.200. The van der Waals surface area contributed by atoms with Crippen LogP contribution in [0.5, 0.6) is 0 Å². The van der Waals surface area contributed by atoms with Crippen molar-refractivity contribution in [3.8, 4) is 0 Å². The molecule has 1 fully saturated rings. The highest BCUT2D eigenvalue weighted by Gasteiger charge is 2.38. The van der Waals surface area contributed by atoms with E-state index in [0.717, 1.165) is 19.5 Å². The van der Waals surface area contributed by atoms with Gasteiger partial charge in [-0.25, -0.2) is 0 Å². The molecule has 0 aromatic carbocycles. The third-order valence-corrected chi connectivity index (χ3v) is 4.62. The van der Waals surface area contributed by atoms with E-state index in [2.05, 4.69) is 25.7 Å². The van der Waals surface area contributed by atoms with Crippen LogP contribution in [0, 0.1) is 5.92 Å². The lowest BCUT2D eigenvalue weighted by atomic mass is 9.84. The van der Waals surface area contributed by atoms with Gasteiger partial charge < -0.3 is 10.5 Å². The molecule has 0 radical (unpaired) electrons. The van der Waals surface area contributed by atoms with Gasteiger partial charge >= 0.3 is 0 Å². The van der Waals surface area contributed by atoms with E-state index in [0.29, 0.717) is 12.0 Å². The molecule has 1 aliphatic heterocycles. The van der Waals surface area contributed by atoms with E-state index >= 15 is 0 Å². The van der Waals surface area contributed by atoms with Gasteiger partial charge in [-0.15, -0.1) is 0 Å². The Bertz CT molecular complexity index is 216. The normalized spacial score (nSPS) is 30.2. The molecule has 0 amide bonds. The van der Waals surface area contributed by atoms with Gasteiger partial charge in [0.25, 0.3) is 0 Å². The summed E-state index contributed by atoms with van der Waals surface area (Å²) in [5.41, 5.74) is 6.27. The molecule has 17 heavy (non-hydrogen) atoms. The first kappa shape index (κ1) is 14.9. The molecule has 0 aliphatic carbocycles. The molecular weight excluding hydrogens is 212 g/mol. The van der Waals surface area contributed by atoms with E-state index in [1.54, 1.807) is 0 Å². The molecule has 3 atom stereocenters. The minimum atomic E-state index is 0.200. The second-order valence-corrected chi connectivity index (χ2v) is 5.52. The lowest BCUT2D eigenvalue weighted by molar-refractivity contribution is -0.0484. The van der Waals surface area contributed by atoms with Crippen LogP contribution in [0.25, 0.3) is 0 Å². The topological polar surface area (TPSA) is 38.5 Å². The first-order chi connectivity index (χ1) is 8.13. The summed E-state index contributed by atoms with van der Waals surface area (Å²) in [7, 11) is 1.83. The summed E-state index contributed by atoms with van der Waals surface area (Å²) in [5, 5.41) is 0. The van der Waals surface area contributed by atoms with E-state index in [4.69, 9.17) is 10.5 Å². The maximum absolute atomic E-state index is 6.07. The minimum Gasteiger partial charge on any atom is -0.380 e. The summed E-state index contributed by atoms with van der Waals surface area (Å²) in [6.45, 7) is 9.79.